The van der Waals surface area contributed by atoms with Crippen LogP contribution in [0, 0.1) is 5.92 Å². The normalized spacial score (nSPS) is 12.9. The molecule has 0 N–H and O–H groups in total. The zero-order valence-electron chi connectivity index (χ0n) is 8.32. The Hall–Kier alpha value is -0.195. The summed E-state index contributed by atoms with van der Waals surface area (Å²) in [5.74, 6) is 0.779. The second kappa shape index (κ2) is 6.51. The predicted octanol–water partition coefficient (Wildman–Crippen LogP) is 2.74. The molecule has 0 unspecified atom stereocenters. The minimum absolute atomic E-state index is 0.779. The molecule has 0 aliphatic rings. The zero-order chi connectivity index (χ0) is 8.69. The fourth-order valence-electron chi connectivity index (χ4n) is 1.44. The first-order valence-electron chi connectivity index (χ1n) is 4.87. The Balaban J connectivity index is 3.44. The van der Waals surface area contributed by atoms with Gasteiger partial charge in [0.15, 0.2) is 0 Å². The van der Waals surface area contributed by atoms with Gasteiger partial charge in [0.2, 0.25) is 0 Å². The Bertz CT molecular complexity index is 107. The number of rotatable bonds is 6. The third-order valence-corrected chi connectivity index (χ3v) is 2.35. The third kappa shape index (κ3) is 5.12. The number of hydrogen-bond acceptors (Lipinski definition) is 0. The summed E-state index contributed by atoms with van der Waals surface area (Å²) in [5.41, 5.74) is 1.36. The average Bonchev–Trinajstić information content (AvgIpc) is 1.97. The lowest BCUT2D eigenvalue weighted by molar-refractivity contribution is 0.520. The third-order valence-electron chi connectivity index (χ3n) is 2.35. The lowest BCUT2D eigenvalue weighted by Crippen LogP contribution is -2.01. The second-order valence-corrected chi connectivity index (χ2v) is 3.45. The summed E-state index contributed by atoms with van der Waals surface area (Å²) in [4.78, 5) is 0. The minimum Gasteiger partial charge on any atom is -0.114 e. The van der Waals surface area contributed by atoms with Crippen LogP contribution in [0.1, 0.15) is 46.0 Å². The van der Waals surface area contributed by atoms with Gasteiger partial charge < -0.3 is 0 Å². The number of allylic oxidation sites excluding steroid dienone is 1. The van der Waals surface area contributed by atoms with E-state index in [1.165, 1.54) is 37.6 Å². The van der Waals surface area contributed by atoms with Gasteiger partial charge in [-0.3, -0.25) is 0 Å². The quantitative estimate of drug-likeness (QED) is 0.405. The van der Waals surface area contributed by atoms with Crippen LogP contribution >= 0.6 is 0 Å². The first-order chi connectivity index (χ1) is 5.22. The van der Waals surface area contributed by atoms with Crippen LogP contribution in [0.25, 0.3) is 0 Å². The van der Waals surface area contributed by atoms with Gasteiger partial charge in [-0.1, -0.05) is 39.5 Å². The lowest BCUT2D eigenvalue weighted by Gasteiger charge is -2.13. The highest BCUT2D eigenvalue weighted by Crippen LogP contribution is 2.18. The topological polar surface area (TPSA) is 0 Å². The zero-order valence-corrected chi connectivity index (χ0v) is 8.32. The molecule has 0 fully saturated rings. The summed E-state index contributed by atoms with van der Waals surface area (Å²) in [6.07, 6.45) is 6.69. The molecule has 0 heterocycles. The molecular weight excluding hydrogens is 131 g/mol. The molecule has 0 spiro atoms. The summed E-state index contributed by atoms with van der Waals surface area (Å²) in [5, 5.41) is 0. The molecule has 0 aliphatic heterocycles. The second-order valence-electron chi connectivity index (χ2n) is 3.45. The van der Waals surface area contributed by atoms with Gasteiger partial charge in [-0.05, 0) is 12.3 Å². The fourth-order valence-corrected chi connectivity index (χ4v) is 1.44. The Morgan fingerprint density at radius 2 is 2.00 bits per heavy atom. The fraction of sp³-hybridized carbons (Fsp3) is 0.800. The summed E-state index contributed by atoms with van der Waals surface area (Å²) in [6.45, 7) is 8.51. The van der Waals surface area contributed by atoms with Crippen LogP contribution in [0.5, 0.6) is 0 Å². The van der Waals surface area contributed by atoms with Gasteiger partial charge in [-0.25, -0.2) is 0 Å². The SMILES string of the molecule is BC(=C)[C@H](CC)CCCCC. The summed E-state index contributed by atoms with van der Waals surface area (Å²) in [7, 11) is 2.15. The van der Waals surface area contributed by atoms with Crippen molar-refractivity contribution < 1.29 is 0 Å². The van der Waals surface area contributed by atoms with Gasteiger partial charge in [0.1, 0.15) is 7.85 Å². The van der Waals surface area contributed by atoms with E-state index in [2.05, 4.69) is 28.3 Å². The van der Waals surface area contributed by atoms with Crippen LogP contribution in [0.2, 0.25) is 0 Å². The van der Waals surface area contributed by atoms with Crippen LogP contribution in [0.15, 0.2) is 12.1 Å². The smallest absolute Gasteiger partial charge is 0.114 e. The van der Waals surface area contributed by atoms with Gasteiger partial charge in [0.25, 0.3) is 0 Å². The van der Waals surface area contributed by atoms with Gasteiger partial charge in [-0.2, -0.15) is 0 Å². The molecule has 0 aromatic heterocycles. The van der Waals surface area contributed by atoms with Crippen molar-refractivity contribution in [3.8, 4) is 0 Å². The van der Waals surface area contributed by atoms with E-state index in [9.17, 15) is 0 Å². The van der Waals surface area contributed by atoms with E-state index in [4.69, 9.17) is 0 Å². The van der Waals surface area contributed by atoms with E-state index >= 15 is 0 Å². The first kappa shape index (κ1) is 10.8. The van der Waals surface area contributed by atoms with Crippen molar-refractivity contribution in [1.29, 1.82) is 0 Å². The van der Waals surface area contributed by atoms with Gasteiger partial charge in [0.05, 0.1) is 0 Å². The van der Waals surface area contributed by atoms with Crippen LogP contribution in [-0.2, 0) is 0 Å². The monoisotopic (exact) mass is 152 g/mol. The molecule has 1 heteroatoms. The standard InChI is InChI=1S/C10H21B/c1-4-6-7-8-10(5-2)9(3)11/h10H,3-8,11H2,1-2H3/t10-/m1/s1. The molecule has 0 amide bonds. The van der Waals surface area contributed by atoms with E-state index in [1.54, 1.807) is 0 Å². The van der Waals surface area contributed by atoms with Crippen LogP contribution < -0.4 is 0 Å². The van der Waals surface area contributed by atoms with E-state index in [-0.39, 0.29) is 0 Å². The highest BCUT2D eigenvalue weighted by molar-refractivity contribution is 6.21. The van der Waals surface area contributed by atoms with Crippen molar-refractivity contribution in [3.63, 3.8) is 0 Å². The summed E-state index contributed by atoms with van der Waals surface area (Å²) >= 11 is 0. The Labute approximate surface area is 72.5 Å². The maximum atomic E-state index is 4.01. The highest BCUT2D eigenvalue weighted by atomic mass is 14.1. The summed E-state index contributed by atoms with van der Waals surface area (Å²) < 4.78 is 0. The Kier molecular flexibility index (Phi) is 6.40. The lowest BCUT2D eigenvalue weighted by atomic mass is 9.80. The Morgan fingerprint density at radius 3 is 2.36 bits per heavy atom. The van der Waals surface area contributed by atoms with E-state index in [0.717, 1.165) is 5.92 Å². The average molecular weight is 152 g/mol. The number of hydrogen-bond donors (Lipinski definition) is 0. The van der Waals surface area contributed by atoms with Crippen molar-refractivity contribution in [3.05, 3.63) is 12.1 Å². The maximum absolute atomic E-state index is 4.01. The summed E-state index contributed by atoms with van der Waals surface area (Å²) in [6, 6.07) is 0. The van der Waals surface area contributed by atoms with Crippen molar-refractivity contribution in [1.82, 2.24) is 0 Å². The molecule has 0 rings (SSSR count). The molecule has 1 atom stereocenters. The van der Waals surface area contributed by atoms with Gasteiger partial charge in [-0.15, -0.1) is 12.1 Å². The highest BCUT2D eigenvalue weighted by Gasteiger charge is 2.04. The number of unbranched alkanes of at least 4 members (excludes halogenated alkanes) is 2. The minimum atomic E-state index is 0.779. The molecule has 0 bridgehead atoms. The van der Waals surface area contributed by atoms with Crippen molar-refractivity contribution in [2.75, 3.05) is 0 Å². The van der Waals surface area contributed by atoms with E-state index in [1.807, 2.05) is 0 Å². The van der Waals surface area contributed by atoms with Gasteiger partial charge in [0, 0.05) is 0 Å². The van der Waals surface area contributed by atoms with E-state index in [0.29, 0.717) is 0 Å². The van der Waals surface area contributed by atoms with E-state index < -0.39 is 0 Å². The van der Waals surface area contributed by atoms with Crippen molar-refractivity contribution >= 4 is 7.85 Å². The van der Waals surface area contributed by atoms with Crippen molar-refractivity contribution in [2.24, 2.45) is 5.92 Å². The largest absolute Gasteiger partial charge is 0.133 e. The molecule has 0 aromatic rings. The molecule has 0 radical (unpaired) electrons. The molecule has 0 nitrogen and oxygen atoms in total. The molecular formula is C10H21B. The first-order valence-corrected chi connectivity index (χ1v) is 4.87. The molecule has 11 heavy (non-hydrogen) atoms. The maximum Gasteiger partial charge on any atom is 0.133 e. The van der Waals surface area contributed by atoms with Crippen LogP contribution in [0.3, 0.4) is 0 Å². The molecule has 0 saturated heterocycles. The Morgan fingerprint density at radius 1 is 1.36 bits per heavy atom. The molecule has 0 saturated carbocycles. The predicted molar refractivity (Wildman–Crippen MR) is 55.6 cm³/mol. The van der Waals surface area contributed by atoms with Gasteiger partial charge >= 0.3 is 0 Å². The molecule has 64 valence electrons. The van der Waals surface area contributed by atoms with Crippen LogP contribution in [-0.4, -0.2) is 7.85 Å². The molecule has 0 aromatic carbocycles. The molecule has 0 aliphatic carbocycles. The van der Waals surface area contributed by atoms with Crippen molar-refractivity contribution in [2.45, 2.75) is 46.0 Å². The van der Waals surface area contributed by atoms with Crippen LogP contribution in [0.4, 0.5) is 0 Å².